The molecule has 4 heteroatoms. The van der Waals surface area contributed by atoms with E-state index in [4.69, 9.17) is 4.74 Å². The number of nitrogens with one attached hydrogen (secondary N) is 1. The van der Waals surface area contributed by atoms with E-state index < -0.39 is 0 Å². The maximum absolute atomic E-state index is 5.22. The highest BCUT2D eigenvalue weighted by molar-refractivity contribution is 9.11. The minimum absolute atomic E-state index is 0.338. The van der Waals surface area contributed by atoms with E-state index in [1.54, 1.807) is 7.11 Å². The molecule has 0 radical (unpaired) electrons. The Balaban J connectivity index is 1.74. The van der Waals surface area contributed by atoms with Gasteiger partial charge in [0, 0.05) is 17.0 Å². The minimum Gasteiger partial charge on any atom is -0.497 e. The summed E-state index contributed by atoms with van der Waals surface area (Å²) in [6, 6.07) is 11.4. The Kier molecular flexibility index (Phi) is 4.67. The number of rotatable bonds is 4. The Bertz CT molecular complexity index is 608. The molecular formula is C17H20BrNOS. The zero-order valence-electron chi connectivity index (χ0n) is 12.4. The van der Waals surface area contributed by atoms with Crippen LogP contribution in [0.4, 0.5) is 0 Å². The Hall–Kier alpha value is -0.840. The Morgan fingerprint density at radius 3 is 2.81 bits per heavy atom. The van der Waals surface area contributed by atoms with Gasteiger partial charge < -0.3 is 10.1 Å². The molecule has 2 nitrogen and oxygen atoms in total. The molecule has 1 aliphatic carbocycles. The summed E-state index contributed by atoms with van der Waals surface area (Å²) >= 11 is 5.51. The molecule has 0 aliphatic heterocycles. The molecule has 1 N–H and O–H groups in total. The van der Waals surface area contributed by atoms with E-state index in [1.165, 1.54) is 39.1 Å². The summed E-state index contributed by atoms with van der Waals surface area (Å²) in [5.74, 6) is 0.910. The maximum Gasteiger partial charge on any atom is 0.118 e. The molecule has 1 aromatic carbocycles. The second kappa shape index (κ2) is 6.51. The van der Waals surface area contributed by atoms with Crippen molar-refractivity contribution in [1.29, 1.82) is 0 Å². The van der Waals surface area contributed by atoms with Crippen molar-refractivity contribution in [3.05, 3.63) is 50.1 Å². The fraction of sp³-hybridized carbons (Fsp3) is 0.412. The monoisotopic (exact) mass is 365 g/mol. The summed E-state index contributed by atoms with van der Waals surface area (Å²) in [4.78, 5) is 1.53. The smallest absolute Gasteiger partial charge is 0.118 e. The van der Waals surface area contributed by atoms with Crippen LogP contribution in [-0.2, 0) is 6.42 Å². The predicted octanol–water partition coefficient (Wildman–Crippen LogP) is 5.25. The molecule has 0 amide bonds. The molecule has 112 valence electrons. The third-order valence-corrected chi connectivity index (χ3v) is 5.86. The number of thiophene rings is 1. The SMILES string of the molecule is COc1ccc([C@H](C)NC2CCCc3sc(Br)cc32)cc1. The molecule has 0 bridgehead atoms. The molecule has 1 heterocycles. The largest absolute Gasteiger partial charge is 0.497 e. The number of halogens is 1. The lowest BCUT2D eigenvalue weighted by Gasteiger charge is -2.27. The van der Waals surface area contributed by atoms with Crippen LogP contribution >= 0.6 is 27.3 Å². The van der Waals surface area contributed by atoms with Gasteiger partial charge in [0.2, 0.25) is 0 Å². The second-order valence-corrected chi connectivity index (χ2v) is 8.05. The van der Waals surface area contributed by atoms with E-state index in [0.717, 1.165) is 5.75 Å². The van der Waals surface area contributed by atoms with Crippen molar-refractivity contribution in [1.82, 2.24) is 5.32 Å². The van der Waals surface area contributed by atoms with Crippen molar-refractivity contribution in [2.24, 2.45) is 0 Å². The molecule has 21 heavy (non-hydrogen) atoms. The highest BCUT2D eigenvalue weighted by atomic mass is 79.9. The van der Waals surface area contributed by atoms with Crippen molar-refractivity contribution < 1.29 is 4.74 Å². The predicted molar refractivity (Wildman–Crippen MR) is 92.2 cm³/mol. The number of fused-ring (bicyclic) bond motifs is 1. The van der Waals surface area contributed by atoms with Gasteiger partial charge in [-0.2, -0.15) is 0 Å². The highest BCUT2D eigenvalue weighted by Crippen LogP contribution is 2.39. The number of hydrogen-bond acceptors (Lipinski definition) is 3. The first kappa shape index (κ1) is 15.1. The Labute approximate surface area is 138 Å². The molecule has 0 fully saturated rings. The first-order chi connectivity index (χ1) is 10.2. The van der Waals surface area contributed by atoms with Gasteiger partial charge in [0.05, 0.1) is 10.9 Å². The van der Waals surface area contributed by atoms with Crippen LogP contribution in [-0.4, -0.2) is 7.11 Å². The molecule has 1 aromatic heterocycles. The summed E-state index contributed by atoms with van der Waals surface area (Å²) < 4.78 is 6.47. The van der Waals surface area contributed by atoms with Crippen LogP contribution in [0, 0.1) is 0 Å². The van der Waals surface area contributed by atoms with Crippen molar-refractivity contribution in [3.8, 4) is 5.75 Å². The van der Waals surface area contributed by atoms with Gasteiger partial charge in [-0.1, -0.05) is 12.1 Å². The van der Waals surface area contributed by atoms with E-state index in [0.29, 0.717) is 12.1 Å². The number of benzene rings is 1. The van der Waals surface area contributed by atoms with E-state index in [-0.39, 0.29) is 0 Å². The van der Waals surface area contributed by atoms with E-state index in [1.807, 2.05) is 23.5 Å². The lowest BCUT2D eigenvalue weighted by Crippen LogP contribution is -2.27. The normalized spacial score (nSPS) is 19.1. The minimum atomic E-state index is 0.338. The van der Waals surface area contributed by atoms with E-state index >= 15 is 0 Å². The number of aryl methyl sites for hydroxylation is 1. The molecule has 3 rings (SSSR count). The standard InChI is InChI=1S/C17H20BrNOS/c1-11(12-6-8-13(20-2)9-7-12)19-15-4-3-5-16-14(15)10-17(18)21-16/h6-11,15,19H,3-5H2,1-2H3/t11-,15?/m0/s1. The average Bonchev–Trinajstić information content (AvgIpc) is 2.88. The fourth-order valence-corrected chi connectivity index (χ4v) is 4.80. The number of methoxy groups -OCH3 is 1. The van der Waals surface area contributed by atoms with Crippen LogP contribution < -0.4 is 10.1 Å². The third kappa shape index (κ3) is 3.33. The quantitative estimate of drug-likeness (QED) is 0.798. The summed E-state index contributed by atoms with van der Waals surface area (Å²) in [6.07, 6.45) is 3.71. The molecule has 1 aliphatic rings. The zero-order chi connectivity index (χ0) is 14.8. The summed E-state index contributed by atoms with van der Waals surface area (Å²) in [7, 11) is 1.70. The Morgan fingerprint density at radius 2 is 2.10 bits per heavy atom. The van der Waals surface area contributed by atoms with Gasteiger partial charge in [0.25, 0.3) is 0 Å². The third-order valence-electron chi connectivity index (χ3n) is 4.15. The van der Waals surface area contributed by atoms with Gasteiger partial charge in [-0.3, -0.25) is 0 Å². The lowest BCUT2D eigenvalue weighted by atomic mass is 9.93. The molecule has 0 spiro atoms. The molecular weight excluding hydrogens is 346 g/mol. The van der Waals surface area contributed by atoms with Crippen LogP contribution in [0.5, 0.6) is 5.75 Å². The molecule has 0 saturated carbocycles. The molecule has 2 atom stereocenters. The van der Waals surface area contributed by atoms with Crippen LogP contribution in [0.1, 0.15) is 47.9 Å². The molecule has 0 saturated heterocycles. The van der Waals surface area contributed by atoms with Gasteiger partial charge in [-0.25, -0.2) is 0 Å². The summed E-state index contributed by atoms with van der Waals surface area (Å²) in [6.45, 7) is 2.23. The van der Waals surface area contributed by atoms with Gasteiger partial charge >= 0.3 is 0 Å². The van der Waals surface area contributed by atoms with Gasteiger partial charge in [0.1, 0.15) is 5.75 Å². The van der Waals surface area contributed by atoms with Gasteiger partial charge in [-0.05, 0) is 71.4 Å². The van der Waals surface area contributed by atoms with Crippen molar-refractivity contribution in [3.63, 3.8) is 0 Å². The van der Waals surface area contributed by atoms with E-state index in [2.05, 4.69) is 46.4 Å². The van der Waals surface area contributed by atoms with Gasteiger partial charge in [0.15, 0.2) is 0 Å². The van der Waals surface area contributed by atoms with Crippen LogP contribution in [0.15, 0.2) is 34.1 Å². The second-order valence-electron chi connectivity index (χ2n) is 5.54. The topological polar surface area (TPSA) is 21.3 Å². The maximum atomic E-state index is 5.22. The number of hydrogen-bond donors (Lipinski definition) is 1. The first-order valence-corrected chi connectivity index (χ1v) is 8.96. The summed E-state index contributed by atoms with van der Waals surface area (Å²) in [5, 5.41) is 3.79. The van der Waals surface area contributed by atoms with Crippen molar-refractivity contribution in [2.75, 3.05) is 7.11 Å². The van der Waals surface area contributed by atoms with Crippen LogP contribution in [0.3, 0.4) is 0 Å². The van der Waals surface area contributed by atoms with Crippen molar-refractivity contribution >= 4 is 27.3 Å². The van der Waals surface area contributed by atoms with Crippen LogP contribution in [0.2, 0.25) is 0 Å². The van der Waals surface area contributed by atoms with Crippen molar-refractivity contribution in [2.45, 2.75) is 38.3 Å². The average molecular weight is 366 g/mol. The fourth-order valence-electron chi connectivity index (χ4n) is 2.99. The van der Waals surface area contributed by atoms with Gasteiger partial charge in [-0.15, -0.1) is 11.3 Å². The molecule has 2 aromatic rings. The number of ether oxygens (including phenoxy) is 1. The van der Waals surface area contributed by atoms with Crippen LogP contribution in [0.25, 0.3) is 0 Å². The van der Waals surface area contributed by atoms with E-state index in [9.17, 15) is 0 Å². The lowest BCUT2D eigenvalue weighted by molar-refractivity contribution is 0.410. The Morgan fingerprint density at radius 1 is 1.33 bits per heavy atom. The highest BCUT2D eigenvalue weighted by Gasteiger charge is 2.24. The summed E-state index contributed by atoms with van der Waals surface area (Å²) in [5.41, 5.74) is 2.79. The molecule has 1 unspecified atom stereocenters. The zero-order valence-corrected chi connectivity index (χ0v) is 14.8. The first-order valence-electron chi connectivity index (χ1n) is 7.35.